The largest absolute Gasteiger partial charge is 0.383 e. The SMILES string of the molecule is Nc1nc(C2CCS(=O)(=O)C2)nc(C2CCCC2)c1I. The molecule has 2 fully saturated rings. The molecule has 0 spiro atoms. The lowest BCUT2D eigenvalue weighted by Gasteiger charge is -2.16. The normalized spacial score (nSPS) is 26.1. The van der Waals surface area contributed by atoms with Crippen LogP contribution in [0.2, 0.25) is 0 Å². The van der Waals surface area contributed by atoms with Crippen LogP contribution in [0, 0.1) is 3.57 Å². The summed E-state index contributed by atoms with van der Waals surface area (Å²) in [5, 5.41) is 0. The van der Waals surface area contributed by atoms with Gasteiger partial charge in [0, 0.05) is 11.8 Å². The van der Waals surface area contributed by atoms with Crippen LogP contribution in [0.15, 0.2) is 0 Å². The Morgan fingerprint density at radius 3 is 2.40 bits per heavy atom. The summed E-state index contributed by atoms with van der Waals surface area (Å²) in [6, 6.07) is 0. The summed E-state index contributed by atoms with van der Waals surface area (Å²) < 4.78 is 24.2. The van der Waals surface area contributed by atoms with E-state index in [0.29, 0.717) is 24.0 Å². The number of sulfone groups is 1. The van der Waals surface area contributed by atoms with Crippen molar-refractivity contribution in [2.75, 3.05) is 17.2 Å². The van der Waals surface area contributed by atoms with Gasteiger partial charge in [0.2, 0.25) is 0 Å². The summed E-state index contributed by atoms with van der Waals surface area (Å²) in [5.74, 6) is 1.92. The van der Waals surface area contributed by atoms with Crippen molar-refractivity contribution in [3.8, 4) is 0 Å². The van der Waals surface area contributed by atoms with Crippen molar-refractivity contribution in [2.24, 2.45) is 0 Å². The first kappa shape index (κ1) is 14.5. The predicted molar refractivity (Wildman–Crippen MR) is 86.4 cm³/mol. The third-order valence-corrected chi connectivity index (χ3v) is 7.13. The fourth-order valence-electron chi connectivity index (χ4n) is 3.15. The topological polar surface area (TPSA) is 85.9 Å². The second-order valence-electron chi connectivity index (χ2n) is 5.75. The molecule has 20 heavy (non-hydrogen) atoms. The average molecular weight is 407 g/mol. The van der Waals surface area contributed by atoms with Crippen molar-refractivity contribution in [3.05, 3.63) is 15.1 Å². The smallest absolute Gasteiger partial charge is 0.151 e. The lowest BCUT2D eigenvalue weighted by Crippen LogP contribution is -2.14. The molecule has 0 amide bonds. The highest BCUT2D eigenvalue weighted by Crippen LogP contribution is 2.37. The molecule has 3 rings (SSSR count). The number of halogens is 1. The van der Waals surface area contributed by atoms with Crippen LogP contribution in [0.1, 0.15) is 55.5 Å². The minimum Gasteiger partial charge on any atom is -0.383 e. The highest BCUT2D eigenvalue weighted by Gasteiger charge is 2.32. The molecule has 1 atom stereocenters. The maximum absolute atomic E-state index is 11.6. The fraction of sp³-hybridized carbons (Fsp3) is 0.692. The molecule has 7 heteroatoms. The summed E-state index contributed by atoms with van der Waals surface area (Å²) >= 11 is 2.21. The predicted octanol–water partition coefficient (Wildman–Crippen LogP) is 2.22. The number of aromatic nitrogens is 2. The van der Waals surface area contributed by atoms with Gasteiger partial charge in [0.05, 0.1) is 20.8 Å². The number of nitrogens with zero attached hydrogens (tertiary/aromatic N) is 2. The van der Waals surface area contributed by atoms with Gasteiger partial charge in [0.25, 0.3) is 0 Å². The number of rotatable bonds is 2. The van der Waals surface area contributed by atoms with E-state index < -0.39 is 9.84 Å². The van der Waals surface area contributed by atoms with E-state index >= 15 is 0 Å². The van der Waals surface area contributed by atoms with Crippen LogP contribution in [0.4, 0.5) is 5.82 Å². The van der Waals surface area contributed by atoms with E-state index in [0.717, 1.165) is 22.1 Å². The Morgan fingerprint density at radius 2 is 1.80 bits per heavy atom. The maximum Gasteiger partial charge on any atom is 0.151 e. The van der Waals surface area contributed by atoms with E-state index in [9.17, 15) is 8.42 Å². The van der Waals surface area contributed by atoms with Crippen LogP contribution in [0.25, 0.3) is 0 Å². The van der Waals surface area contributed by atoms with Gasteiger partial charge in [0.15, 0.2) is 9.84 Å². The van der Waals surface area contributed by atoms with Gasteiger partial charge in [-0.25, -0.2) is 18.4 Å². The molecular formula is C13H18IN3O2S. The van der Waals surface area contributed by atoms with Crippen LogP contribution in [0.5, 0.6) is 0 Å². The molecule has 2 heterocycles. The van der Waals surface area contributed by atoms with Gasteiger partial charge in [-0.1, -0.05) is 12.8 Å². The first-order valence-electron chi connectivity index (χ1n) is 6.99. The van der Waals surface area contributed by atoms with Crippen molar-refractivity contribution in [1.29, 1.82) is 0 Å². The number of nitrogen functional groups attached to an aromatic ring is 1. The van der Waals surface area contributed by atoms with Gasteiger partial charge in [0.1, 0.15) is 11.6 Å². The summed E-state index contributed by atoms with van der Waals surface area (Å²) in [6.07, 6.45) is 5.38. The summed E-state index contributed by atoms with van der Waals surface area (Å²) in [5.41, 5.74) is 7.05. The zero-order chi connectivity index (χ0) is 14.3. The second kappa shape index (κ2) is 5.40. The summed E-state index contributed by atoms with van der Waals surface area (Å²) in [4.78, 5) is 9.05. The van der Waals surface area contributed by atoms with Crippen molar-refractivity contribution in [1.82, 2.24) is 9.97 Å². The monoisotopic (exact) mass is 407 g/mol. The molecule has 1 aliphatic carbocycles. The Balaban J connectivity index is 1.96. The summed E-state index contributed by atoms with van der Waals surface area (Å²) in [7, 11) is -2.92. The Kier molecular flexibility index (Phi) is 3.91. The lowest BCUT2D eigenvalue weighted by molar-refractivity contribution is 0.600. The van der Waals surface area contributed by atoms with Gasteiger partial charge >= 0.3 is 0 Å². The third-order valence-electron chi connectivity index (χ3n) is 4.26. The minimum absolute atomic E-state index is 0.0838. The molecule has 2 aliphatic rings. The Morgan fingerprint density at radius 1 is 1.10 bits per heavy atom. The van der Waals surface area contributed by atoms with Crippen molar-refractivity contribution < 1.29 is 8.42 Å². The second-order valence-corrected chi connectivity index (χ2v) is 9.06. The molecule has 1 unspecified atom stereocenters. The molecule has 1 saturated heterocycles. The number of hydrogen-bond donors (Lipinski definition) is 1. The molecule has 0 radical (unpaired) electrons. The number of anilines is 1. The molecule has 2 N–H and O–H groups in total. The summed E-state index contributed by atoms with van der Waals surface area (Å²) in [6.45, 7) is 0. The number of hydrogen-bond acceptors (Lipinski definition) is 5. The molecule has 1 aliphatic heterocycles. The van der Waals surface area contributed by atoms with Crippen LogP contribution in [-0.4, -0.2) is 29.9 Å². The van der Waals surface area contributed by atoms with E-state index in [-0.39, 0.29) is 17.4 Å². The standard InChI is InChI=1S/C13H18IN3O2S/c14-10-11(8-3-1-2-4-8)16-13(17-12(10)15)9-5-6-20(18,19)7-9/h8-9H,1-7H2,(H2,15,16,17). The molecule has 1 aromatic heterocycles. The van der Waals surface area contributed by atoms with E-state index in [2.05, 4.69) is 27.6 Å². The Labute approximate surface area is 132 Å². The fourth-order valence-corrected chi connectivity index (χ4v) is 5.57. The molecule has 5 nitrogen and oxygen atoms in total. The van der Waals surface area contributed by atoms with Crippen molar-refractivity contribution in [2.45, 2.75) is 43.9 Å². The Bertz CT molecular complexity index is 627. The van der Waals surface area contributed by atoms with E-state index in [1.54, 1.807) is 0 Å². The third kappa shape index (κ3) is 2.79. The quantitative estimate of drug-likeness (QED) is 0.760. The van der Waals surface area contributed by atoms with E-state index in [1.807, 2.05) is 0 Å². The first-order chi connectivity index (χ1) is 9.46. The van der Waals surface area contributed by atoms with Crippen LogP contribution in [0.3, 0.4) is 0 Å². The highest BCUT2D eigenvalue weighted by atomic mass is 127. The molecular weight excluding hydrogens is 389 g/mol. The van der Waals surface area contributed by atoms with Gasteiger partial charge in [-0.15, -0.1) is 0 Å². The van der Waals surface area contributed by atoms with Gasteiger partial charge in [-0.05, 0) is 41.9 Å². The highest BCUT2D eigenvalue weighted by molar-refractivity contribution is 14.1. The van der Waals surface area contributed by atoms with E-state index in [1.165, 1.54) is 12.8 Å². The average Bonchev–Trinajstić information content (AvgIpc) is 3.01. The van der Waals surface area contributed by atoms with Crippen LogP contribution < -0.4 is 5.73 Å². The van der Waals surface area contributed by atoms with E-state index in [4.69, 9.17) is 10.7 Å². The molecule has 1 aromatic rings. The molecule has 0 bridgehead atoms. The van der Waals surface area contributed by atoms with Crippen molar-refractivity contribution in [3.63, 3.8) is 0 Å². The zero-order valence-corrected chi connectivity index (χ0v) is 14.2. The molecule has 1 saturated carbocycles. The van der Waals surface area contributed by atoms with Crippen LogP contribution >= 0.6 is 22.6 Å². The van der Waals surface area contributed by atoms with Gasteiger partial charge in [-0.3, -0.25) is 0 Å². The Hall–Kier alpha value is -0.440. The first-order valence-corrected chi connectivity index (χ1v) is 9.89. The number of nitrogens with two attached hydrogens (primary N) is 1. The van der Waals surface area contributed by atoms with Gasteiger partial charge in [-0.2, -0.15) is 0 Å². The minimum atomic E-state index is -2.92. The zero-order valence-electron chi connectivity index (χ0n) is 11.2. The van der Waals surface area contributed by atoms with Gasteiger partial charge < -0.3 is 5.73 Å². The molecule has 0 aromatic carbocycles. The lowest BCUT2D eigenvalue weighted by atomic mass is 10.0. The maximum atomic E-state index is 11.6. The van der Waals surface area contributed by atoms with Crippen molar-refractivity contribution >= 4 is 38.2 Å². The molecule has 110 valence electrons. The van der Waals surface area contributed by atoms with Crippen LogP contribution in [-0.2, 0) is 9.84 Å².